The van der Waals surface area contributed by atoms with Gasteiger partial charge >= 0.3 is 5.97 Å². The summed E-state index contributed by atoms with van der Waals surface area (Å²) in [7, 11) is 0. The van der Waals surface area contributed by atoms with Gasteiger partial charge in [-0.05, 0) is 37.3 Å². The van der Waals surface area contributed by atoms with E-state index < -0.39 is 5.97 Å². The van der Waals surface area contributed by atoms with Crippen LogP contribution in [-0.2, 0) is 0 Å². The number of hydrogen-bond acceptors (Lipinski definition) is 2. The molecule has 0 amide bonds. The molecule has 1 aromatic heterocycles. The summed E-state index contributed by atoms with van der Waals surface area (Å²) in [4.78, 5) is 15.5. The first kappa shape index (κ1) is 12.4. The van der Waals surface area contributed by atoms with Gasteiger partial charge in [-0.25, -0.2) is 9.78 Å². The maximum Gasteiger partial charge on any atom is 0.335 e. The topological polar surface area (TPSA) is 50.2 Å². The number of pyridine rings is 1. The van der Waals surface area contributed by atoms with Crippen molar-refractivity contribution in [2.45, 2.75) is 6.92 Å². The Bertz CT molecular complexity index is 792. The van der Waals surface area contributed by atoms with Crippen molar-refractivity contribution in [2.75, 3.05) is 0 Å². The largest absolute Gasteiger partial charge is 0.478 e. The number of aromatic nitrogens is 1. The van der Waals surface area contributed by atoms with Gasteiger partial charge in [-0.15, -0.1) is 0 Å². The number of rotatable bonds is 2. The Hall–Kier alpha value is -2.68. The molecule has 3 nitrogen and oxygen atoms in total. The molecular formula is C17H13NO2. The molecule has 3 heteroatoms. The monoisotopic (exact) mass is 263 g/mol. The van der Waals surface area contributed by atoms with E-state index in [-0.39, 0.29) is 5.56 Å². The van der Waals surface area contributed by atoms with Crippen molar-refractivity contribution in [3.8, 4) is 11.3 Å². The van der Waals surface area contributed by atoms with E-state index in [0.29, 0.717) is 0 Å². The van der Waals surface area contributed by atoms with E-state index in [2.05, 4.69) is 18.0 Å². The van der Waals surface area contributed by atoms with E-state index in [0.717, 1.165) is 22.2 Å². The lowest BCUT2D eigenvalue weighted by Crippen LogP contribution is -1.95. The minimum atomic E-state index is -0.918. The second-order valence-electron chi connectivity index (χ2n) is 4.78. The zero-order valence-corrected chi connectivity index (χ0v) is 11.0. The van der Waals surface area contributed by atoms with Gasteiger partial charge in [0.15, 0.2) is 0 Å². The van der Waals surface area contributed by atoms with Crippen molar-refractivity contribution < 1.29 is 9.90 Å². The van der Waals surface area contributed by atoms with Gasteiger partial charge in [0, 0.05) is 10.9 Å². The third-order valence-electron chi connectivity index (χ3n) is 3.27. The van der Waals surface area contributed by atoms with Gasteiger partial charge in [0.1, 0.15) is 0 Å². The second-order valence-corrected chi connectivity index (χ2v) is 4.78. The molecule has 0 aliphatic carbocycles. The summed E-state index contributed by atoms with van der Waals surface area (Å²) in [5, 5.41) is 10.0. The second kappa shape index (κ2) is 4.78. The van der Waals surface area contributed by atoms with Gasteiger partial charge in [0.05, 0.1) is 16.8 Å². The first-order chi connectivity index (χ1) is 9.63. The maximum absolute atomic E-state index is 10.8. The molecule has 0 bridgehead atoms. The highest BCUT2D eigenvalue weighted by Crippen LogP contribution is 2.22. The highest BCUT2D eigenvalue weighted by molar-refractivity contribution is 5.88. The van der Waals surface area contributed by atoms with Crippen LogP contribution in [0.25, 0.3) is 22.2 Å². The van der Waals surface area contributed by atoms with Crippen molar-refractivity contribution in [3.05, 3.63) is 65.7 Å². The number of hydrogen-bond donors (Lipinski definition) is 1. The molecular weight excluding hydrogens is 250 g/mol. The van der Waals surface area contributed by atoms with Crippen LogP contribution in [0, 0.1) is 6.92 Å². The standard InChI is InChI=1S/C17H13NO2/c1-11-2-8-16-14(10-11)7-9-15(18-16)12-3-5-13(6-4-12)17(19)20/h2-10H,1H3,(H,19,20). The first-order valence-corrected chi connectivity index (χ1v) is 6.35. The third kappa shape index (κ3) is 2.26. The van der Waals surface area contributed by atoms with E-state index in [9.17, 15) is 4.79 Å². The SMILES string of the molecule is Cc1ccc2nc(-c3ccc(C(=O)O)cc3)ccc2c1. The number of carboxylic acids is 1. The number of fused-ring (bicyclic) bond motifs is 1. The van der Waals surface area contributed by atoms with Crippen molar-refractivity contribution in [2.24, 2.45) is 0 Å². The summed E-state index contributed by atoms with van der Waals surface area (Å²) in [5.74, 6) is -0.918. The third-order valence-corrected chi connectivity index (χ3v) is 3.27. The van der Waals surface area contributed by atoms with Crippen LogP contribution in [0.5, 0.6) is 0 Å². The summed E-state index contributed by atoms with van der Waals surface area (Å²) < 4.78 is 0. The number of benzene rings is 2. The Labute approximate surface area is 116 Å². The lowest BCUT2D eigenvalue weighted by molar-refractivity contribution is 0.0697. The molecule has 20 heavy (non-hydrogen) atoms. The zero-order valence-electron chi connectivity index (χ0n) is 11.0. The fraction of sp³-hybridized carbons (Fsp3) is 0.0588. The van der Waals surface area contributed by atoms with E-state index in [4.69, 9.17) is 5.11 Å². The number of aromatic carboxylic acids is 1. The molecule has 0 spiro atoms. The van der Waals surface area contributed by atoms with Crippen molar-refractivity contribution in [3.63, 3.8) is 0 Å². The summed E-state index contributed by atoms with van der Waals surface area (Å²) >= 11 is 0. The highest BCUT2D eigenvalue weighted by atomic mass is 16.4. The number of carboxylic acid groups (broad SMARTS) is 1. The Balaban J connectivity index is 2.05. The number of carbonyl (C=O) groups is 1. The molecule has 0 aliphatic rings. The van der Waals surface area contributed by atoms with Crippen molar-refractivity contribution >= 4 is 16.9 Å². The van der Waals surface area contributed by atoms with Gasteiger partial charge in [-0.2, -0.15) is 0 Å². The van der Waals surface area contributed by atoms with E-state index in [1.165, 1.54) is 5.56 Å². The molecule has 2 aromatic carbocycles. The van der Waals surface area contributed by atoms with Crippen molar-refractivity contribution in [1.82, 2.24) is 4.98 Å². The molecule has 3 aromatic rings. The Morgan fingerprint density at radius 3 is 2.45 bits per heavy atom. The average molecular weight is 263 g/mol. The van der Waals surface area contributed by atoms with Crippen LogP contribution in [0.1, 0.15) is 15.9 Å². The molecule has 0 radical (unpaired) electrons. The summed E-state index contributed by atoms with van der Waals surface area (Å²) in [6.45, 7) is 2.05. The average Bonchev–Trinajstić information content (AvgIpc) is 2.47. The maximum atomic E-state index is 10.8. The molecule has 1 heterocycles. The van der Waals surface area contributed by atoms with Crippen LogP contribution in [0.4, 0.5) is 0 Å². The van der Waals surface area contributed by atoms with Gasteiger partial charge in [-0.1, -0.05) is 29.8 Å². The Morgan fingerprint density at radius 1 is 1.00 bits per heavy atom. The van der Waals surface area contributed by atoms with Crippen LogP contribution in [-0.4, -0.2) is 16.1 Å². The molecule has 0 aliphatic heterocycles. The van der Waals surface area contributed by atoms with Crippen LogP contribution in [0.3, 0.4) is 0 Å². The molecule has 3 rings (SSSR count). The van der Waals surface area contributed by atoms with Crippen LogP contribution in [0.15, 0.2) is 54.6 Å². The van der Waals surface area contributed by atoms with Gasteiger partial charge in [-0.3, -0.25) is 0 Å². The van der Waals surface area contributed by atoms with Gasteiger partial charge in [0.25, 0.3) is 0 Å². The number of nitrogens with zero attached hydrogens (tertiary/aromatic N) is 1. The molecule has 98 valence electrons. The predicted octanol–water partition coefficient (Wildman–Crippen LogP) is 3.91. The Morgan fingerprint density at radius 2 is 1.75 bits per heavy atom. The zero-order chi connectivity index (χ0) is 14.1. The molecule has 1 N–H and O–H groups in total. The quantitative estimate of drug-likeness (QED) is 0.762. The highest BCUT2D eigenvalue weighted by Gasteiger charge is 2.05. The molecule has 0 fully saturated rings. The van der Waals surface area contributed by atoms with Crippen LogP contribution in [0.2, 0.25) is 0 Å². The molecule has 0 saturated heterocycles. The minimum absolute atomic E-state index is 0.283. The lowest BCUT2D eigenvalue weighted by atomic mass is 10.1. The van der Waals surface area contributed by atoms with Crippen LogP contribution < -0.4 is 0 Å². The fourth-order valence-corrected chi connectivity index (χ4v) is 2.19. The van der Waals surface area contributed by atoms with Crippen LogP contribution >= 0.6 is 0 Å². The fourth-order valence-electron chi connectivity index (χ4n) is 2.19. The summed E-state index contributed by atoms with van der Waals surface area (Å²) in [6.07, 6.45) is 0. The summed E-state index contributed by atoms with van der Waals surface area (Å²) in [6, 6.07) is 16.9. The van der Waals surface area contributed by atoms with E-state index >= 15 is 0 Å². The lowest BCUT2D eigenvalue weighted by Gasteiger charge is -2.04. The van der Waals surface area contributed by atoms with E-state index in [1.807, 2.05) is 24.3 Å². The predicted molar refractivity (Wildman–Crippen MR) is 78.9 cm³/mol. The van der Waals surface area contributed by atoms with Crippen molar-refractivity contribution in [1.29, 1.82) is 0 Å². The van der Waals surface area contributed by atoms with E-state index in [1.54, 1.807) is 24.3 Å². The summed E-state index contributed by atoms with van der Waals surface area (Å²) in [5.41, 5.74) is 4.19. The Kier molecular flexibility index (Phi) is 2.95. The normalized spacial score (nSPS) is 10.7. The van der Waals surface area contributed by atoms with Gasteiger partial charge in [0.2, 0.25) is 0 Å². The first-order valence-electron chi connectivity index (χ1n) is 6.35. The molecule has 0 unspecified atom stereocenters. The van der Waals surface area contributed by atoms with Gasteiger partial charge < -0.3 is 5.11 Å². The minimum Gasteiger partial charge on any atom is -0.478 e. The molecule has 0 atom stereocenters. The smallest absolute Gasteiger partial charge is 0.335 e. The molecule has 0 saturated carbocycles. The number of aryl methyl sites for hydroxylation is 1.